The van der Waals surface area contributed by atoms with Crippen LogP contribution in [0.25, 0.3) is 0 Å². The molecule has 1 aliphatic rings. The largest absolute Gasteiger partial charge is 0.349 e. The molecule has 2 N–H and O–H groups in total. The summed E-state index contributed by atoms with van der Waals surface area (Å²) in [5, 5.41) is 14.8. The summed E-state index contributed by atoms with van der Waals surface area (Å²) in [7, 11) is 0. The second-order valence-corrected chi connectivity index (χ2v) is 6.91. The molecular weight excluding hydrogens is 324 g/mol. The molecule has 1 heterocycles. The van der Waals surface area contributed by atoms with Gasteiger partial charge in [0.15, 0.2) is 0 Å². The fourth-order valence-corrected chi connectivity index (χ4v) is 3.42. The topological polar surface area (TPSA) is 84.0 Å². The zero-order valence-electron chi connectivity index (χ0n) is 13.5. The van der Waals surface area contributed by atoms with Crippen LogP contribution in [-0.2, 0) is 6.42 Å². The molecule has 1 aromatic carbocycles. The fraction of sp³-hybridized carbons (Fsp3) is 0.412. The number of rotatable bonds is 5. The zero-order chi connectivity index (χ0) is 16.9. The van der Waals surface area contributed by atoms with Crippen LogP contribution in [0, 0.1) is 0 Å². The lowest BCUT2D eigenvalue weighted by atomic mass is 10.1. The van der Waals surface area contributed by atoms with Crippen LogP contribution in [-0.4, -0.2) is 28.1 Å². The number of hydrogen-bond donors (Lipinski definition) is 2. The van der Waals surface area contributed by atoms with E-state index in [4.69, 9.17) is 0 Å². The Morgan fingerprint density at radius 2 is 2.00 bits per heavy atom. The summed E-state index contributed by atoms with van der Waals surface area (Å²) >= 11 is 1.28. The van der Waals surface area contributed by atoms with E-state index in [9.17, 15) is 9.59 Å². The first kappa shape index (κ1) is 16.6. The Labute approximate surface area is 144 Å². The molecule has 1 fully saturated rings. The Kier molecular flexibility index (Phi) is 5.20. The normalized spacial score (nSPS) is 14.5. The van der Waals surface area contributed by atoms with E-state index in [1.54, 1.807) is 24.3 Å². The highest BCUT2D eigenvalue weighted by Crippen LogP contribution is 2.19. The molecule has 1 aromatic heterocycles. The lowest BCUT2D eigenvalue weighted by Crippen LogP contribution is -2.32. The summed E-state index contributed by atoms with van der Waals surface area (Å²) in [4.78, 5) is 24.5. The van der Waals surface area contributed by atoms with Crippen LogP contribution < -0.4 is 10.6 Å². The highest BCUT2D eigenvalue weighted by molar-refractivity contribution is 7.13. The first-order valence-electron chi connectivity index (χ1n) is 8.20. The third-order valence-corrected chi connectivity index (χ3v) is 5.10. The number of anilines is 1. The van der Waals surface area contributed by atoms with Gasteiger partial charge in [0, 0.05) is 17.3 Å². The number of benzene rings is 1. The highest BCUT2D eigenvalue weighted by atomic mass is 32.1. The number of aromatic nitrogens is 2. The number of aryl methyl sites for hydroxylation is 1. The van der Waals surface area contributed by atoms with Crippen molar-refractivity contribution in [2.45, 2.75) is 45.1 Å². The van der Waals surface area contributed by atoms with Crippen LogP contribution in [0.1, 0.15) is 57.8 Å². The van der Waals surface area contributed by atoms with Crippen molar-refractivity contribution in [1.29, 1.82) is 0 Å². The lowest BCUT2D eigenvalue weighted by Gasteiger charge is -2.12. The van der Waals surface area contributed by atoms with E-state index < -0.39 is 0 Å². The quantitative estimate of drug-likeness (QED) is 0.873. The van der Waals surface area contributed by atoms with Gasteiger partial charge >= 0.3 is 0 Å². The molecule has 0 aliphatic heterocycles. The minimum Gasteiger partial charge on any atom is -0.349 e. The van der Waals surface area contributed by atoms with Crippen LogP contribution in [0.5, 0.6) is 0 Å². The molecule has 0 saturated heterocycles. The Hall–Kier alpha value is -2.28. The summed E-state index contributed by atoms with van der Waals surface area (Å²) in [6, 6.07) is 7.22. The van der Waals surface area contributed by atoms with E-state index in [2.05, 4.69) is 20.8 Å². The Bertz CT molecular complexity index is 738. The summed E-state index contributed by atoms with van der Waals surface area (Å²) < 4.78 is 0. The van der Waals surface area contributed by atoms with E-state index in [0.29, 0.717) is 16.3 Å². The fourth-order valence-electron chi connectivity index (χ4n) is 2.75. The average Bonchev–Trinajstić information content (AvgIpc) is 3.26. The third kappa shape index (κ3) is 3.97. The van der Waals surface area contributed by atoms with Gasteiger partial charge in [0.2, 0.25) is 5.01 Å². The number of carbonyl (C=O) groups is 2. The van der Waals surface area contributed by atoms with Gasteiger partial charge in [0.25, 0.3) is 11.8 Å². The van der Waals surface area contributed by atoms with Crippen LogP contribution >= 0.6 is 11.3 Å². The van der Waals surface area contributed by atoms with Gasteiger partial charge in [-0.15, -0.1) is 10.2 Å². The first-order valence-corrected chi connectivity index (χ1v) is 9.02. The van der Waals surface area contributed by atoms with Crippen LogP contribution in [0.2, 0.25) is 0 Å². The highest BCUT2D eigenvalue weighted by Gasteiger charge is 2.18. The number of hydrogen-bond acceptors (Lipinski definition) is 5. The minimum absolute atomic E-state index is 0.0952. The van der Waals surface area contributed by atoms with Crippen molar-refractivity contribution in [3.05, 3.63) is 39.8 Å². The predicted molar refractivity (Wildman–Crippen MR) is 93.4 cm³/mol. The molecule has 1 saturated carbocycles. The van der Waals surface area contributed by atoms with E-state index >= 15 is 0 Å². The summed E-state index contributed by atoms with van der Waals surface area (Å²) in [5.41, 5.74) is 1.12. The van der Waals surface area contributed by atoms with Crippen molar-refractivity contribution in [3.8, 4) is 0 Å². The van der Waals surface area contributed by atoms with Crippen molar-refractivity contribution in [2.75, 3.05) is 5.32 Å². The van der Waals surface area contributed by atoms with Gasteiger partial charge in [0.1, 0.15) is 5.01 Å². The predicted octanol–water partition coefficient (Wildman–Crippen LogP) is 3.03. The Balaban J connectivity index is 1.65. The molecule has 0 radical (unpaired) electrons. The monoisotopic (exact) mass is 344 g/mol. The van der Waals surface area contributed by atoms with Gasteiger partial charge in [-0.2, -0.15) is 0 Å². The molecule has 2 aromatic rings. The molecule has 6 nitrogen and oxygen atoms in total. The van der Waals surface area contributed by atoms with E-state index in [0.717, 1.165) is 24.3 Å². The number of nitrogens with one attached hydrogen (secondary N) is 2. The summed E-state index contributed by atoms with van der Waals surface area (Å²) in [5.74, 6) is -0.400. The molecule has 0 atom stereocenters. The van der Waals surface area contributed by atoms with Crippen molar-refractivity contribution in [2.24, 2.45) is 0 Å². The summed E-state index contributed by atoms with van der Waals surface area (Å²) in [6.07, 6.45) is 5.17. The molecule has 0 spiro atoms. The van der Waals surface area contributed by atoms with Gasteiger partial charge in [-0.3, -0.25) is 9.59 Å². The van der Waals surface area contributed by atoms with Crippen molar-refractivity contribution in [1.82, 2.24) is 15.5 Å². The molecule has 0 bridgehead atoms. The molecule has 126 valence electrons. The van der Waals surface area contributed by atoms with E-state index in [1.807, 2.05) is 6.92 Å². The summed E-state index contributed by atoms with van der Waals surface area (Å²) in [6.45, 7) is 1.97. The molecule has 0 unspecified atom stereocenters. The van der Waals surface area contributed by atoms with Crippen molar-refractivity contribution >= 4 is 28.8 Å². The SMILES string of the molecule is CCc1nnc(C(=O)Nc2cccc(C(=O)NC3CCCC3)c2)s1. The van der Waals surface area contributed by atoms with Gasteiger partial charge < -0.3 is 10.6 Å². The first-order chi connectivity index (χ1) is 11.7. The maximum atomic E-state index is 12.3. The average molecular weight is 344 g/mol. The Morgan fingerprint density at radius 1 is 1.21 bits per heavy atom. The molecule has 3 rings (SSSR count). The van der Waals surface area contributed by atoms with Crippen molar-refractivity contribution < 1.29 is 9.59 Å². The van der Waals surface area contributed by atoms with Gasteiger partial charge in [-0.05, 0) is 37.5 Å². The maximum absolute atomic E-state index is 12.3. The molecule has 24 heavy (non-hydrogen) atoms. The van der Waals surface area contributed by atoms with Crippen LogP contribution in [0.4, 0.5) is 5.69 Å². The van der Waals surface area contributed by atoms with Crippen LogP contribution in [0.15, 0.2) is 24.3 Å². The standard InChI is InChI=1S/C17H20N4O2S/c1-2-14-20-21-17(24-14)16(23)19-13-9-5-6-11(10-13)15(22)18-12-7-3-4-8-12/h5-6,9-10,12H,2-4,7-8H2,1H3,(H,18,22)(H,19,23). The van der Waals surface area contributed by atoms with E-state index in [-0.39, 0.29) is 17.9 Å². The van der Waals surface area contributed by atoms with Gasteiger partial charge in [-0.1, -0.05) is 37.2 Å². The molecular formula is C17H20N4O2S. The second-order valence-electron chi connectivity index (χ2n) is 5.84. The molecule has 1 aliphatic carbocycles. The second kappa shape index (κ2) is 7.53. The number of amides is 2. The smallest absolute Gasteiger partial charge is 0.286 e. The third-order valence-electron chi connectivity index (χ3n) is 4.04. The van der Waals surface area contributed by atoms with Crippen LogP contribution in [0.3, 0.4) is 0 Å². The zero-order valence-corrected chi connectivity index (χ0v) is 14.4. The molecule has 7 heteroatoms. The van der Waals surface area contributed by atoms with Gasteiger partial charge in [0.05, 0.1) is 0 Å². The van der Waals surface area contributed by atoms with Gasteiger partial charge in [-0.25, -0.2) is 0 Å². The maximum Gasteiger partial charge on any atom is 0.286 e. The number of nitrogens with zero attached hydrogens (tertiary/aromatic N) is 2. The van der Waals surface area contributed by atoms with Crippen molar-refractivity contribution in [3.63, 3.8) is 0 Å². The lowest BCUT2D eigenvalue weighted by molar-refractivity contribution is 0.0936. The minimum atomic E-state index is -0.305. The Morgan fingerprint density at radius 3 is 2.71 bits per heavy atom. The molecule has 2 amide bonds. The number of carbonyl (C=O) groups excluding carboxylic acids is 2. The van der Waals surface area contributed by atoms with E-state index in [1.165, 1.54) is 24.2 Å².